The predicted molar refractivity (Wildman–Crippen MR) is 82.5 cm³/mol. The van der Waals surface area contributed by atoms with Crippen LogP contribution in [0.5, 0.6) is 5.75 Å². The molecule has 0 unspecified atom stereocenters. The molecule has 1 aromatic carbocycles. The summed E-state index contributed by atoms with van der Waals surface area (Å²) in [6.45, 7) is 11.5. The smallest absolute Gasteiger partial charge is 0.131 e. The number of benzene rings is 1. The van der Waals surface area contributed by atoms with Crippen molar-refractivity contribution in [2.24, 2.45) is 0 Å². The van der Waals surface area contributed by atoms with Crippen LogP contribution >= 0.6 is 0 Å². The average molecular weight is 278 g/mol. The first-order chi connectivity index (χ1) is 9.29. The molecule has 4 nitrogen and oxygen atoms in total. The van der Waals surface area contributed by atoms with Gasteiger partial charge < -0.3 is 20.1 Å². The number of hydrogen-bond donors (Lipinski definition) is 2. The SMILES string of the molecule is CC(C)(O)C(C)(C)Oc1ccc(N2CCNCC2)cc1. The summed E-state index contributed by atoms with van der Waals surface area (Å²) in [5, 5.41) is 13.5. The van der Waals surface area contributed by atoms with E-state index < -0.39 is 11.2 Å². The monoisotopic (exact) mass is 278 g/mol. The molecule has 1 saturated heterocycles. The van der Waals surface area contributed by atoms with Crippen LogP contribution in [-0.4, -0.2) is 42.5 Å². The second-order valence-corrected chi connectivity index (χ2v) is 6.40. The van der Waals surface area contributed by atoms with E-state index in [1.165, 1.54) is 5.69 Å². The molecule has 1 heterocycles. The highest BCUT2D eigenvalue weighted by Crippen LogP contribution is 2.29. The maximum Gasteiger partial charge on any atom is 0.131 e. The fourth-order valence-corrected chi connectivity index (χ4v) is 2.07. The van der Waals surface area contributed by atoms with E-state index >= 15 is 0 Å². The van der Waals surface area contributed by atoms with Crippen LogP contribution in [0.25, 0.3) is 0 Å². The maximum atomic E-state index is 10.1. The quantitative estimate of drug-likeness (QED) is 0.884. The van der Waals surface area contributed by atoms with Gasteiger partial charge in [-0.25, -0.2) is 0 Å². The third-order valence-corrected chi connectivity index (χ3v) is 4.17. The fraction of sp³-hybridized carbons (Fsp3) is 0.625. The summed E-state index contributed by atoms with van der Waals surface area (Å²) in [5.74, 6) is 0.788. The standard InChI is InChI=1S/C16H26N2O2/c1-15(2,19)16(3,4)20-14-7-5-13(6-8-14)18-11-9-17-10-12-18/h5-8,17,19H,9-12H2,1-4H3. The van der Waals surface area contributed by atoms with Gasteiger partial charge in [0.15, 0.2) is 0 Å². The Hall–Kier alpha value is -1.26. The lowest BCUT2D eigenvalue weighted by Gasteiger charge is -2.37. The third-order valence-electron chi connectivity index (χ3n) is 4.17. The van der Waals surface area contributed by atoms with E-state index in [1.807, 2.05) is 26.0 Å². The van der Waals surface area contributed by atoms with Crippen LogP contribution in [0.15, 0.2) is 24.3 Å². The van der Waals surface area contributed by atoms with Crippen LogP contribution in [0.2, 0.25) is 0 Å². The molecule has 0 amide bonds. The van der Waals surface area contributed by atoms with E-state index in [2.05, 4.69) is 22.3 Å². The number of piperazine rings is 1. The number of nitrogens with one attached hydrogen (secondary N) is 1. The molecular formula is C16H26N2O2. The molecule has 0 aromatic heterocycles. The normalized spacial score (nSPS) is 17.1. The van der Waals surface area contributed by atoms with Crippen LogP contribution in [0, 0.1) is 0 Å². The Morgan fingerprint density at radius 3 is 2.10 bits per heavy atom. The molecule has 0 spiro atoms. The lowest BCUT2D eigenvalue weighted by molar-refractivity contribution is -0.0906. The summed E-state index contributed by atoms with van der Waals surface area (Å²) in [6, 6.07) is 8.12. The third kappa shape index (κ3) is 3.44. The zero-order valence-electron chi connectivity index (χ0n) is 12.9. The number of rotatable bonds is 4. The first kappa shape index (κ1) is 15.1. The largest absolute Gasteiger partial charge is 0.485 e. The molecule has 1 aliphatic rings. The summed E-state index contributed by atoms with van der Waals surface area (Å²) < 4.78 is 5.93. The lowest BCUT2D eigenvalue weighted by Crippen LogP contribution is -2.49. The van der Waals surface area contributed by atoms with Gasteiger partial charge in [-0.3, -0.25) is 0 Å². The Morgan fingerprint density at radius 1 is 1.05 bits per heavy atom. The molecule has 0 bridgehead atoms. The highest BCUT2D eigenvalue weighted by molar-refractivity contribution is 5.49. The Bertz CT molecular complexity index is 429. The van der Waals surface area contributed by atoms with Gasteiger partial charge in [-0.15, -0.1) is 0 Å². The minimum Gasteiger partial charge on any atom is -0.485 e. The van der Waals surface area contributed by atoms with Crippen molar-refractivity contribution in [2.45, 2.75) is 38.9 Å². The van der Waals surface area contributed by atoms with Crippen molar-refractivity contribution in [3.05, 3.63) is 24.3 Å². The van der Waals surface area contributed by atoms with Crippen LogP contribution in [0.3, 0.4) is 0 Å². The van der Waals surface area contributed by atoms with E-state index in [1.54, 1.807) is 13.8 Å². The van der Waals surface area contributed by atoms with Gasteiger partial charge in [0.2, 0.25) is 0 Å². The van der Waals surface area contributed by atoms with Gasteiger partial charge in [0.25, 0.3) is 0 Å². The van der Waals surface area contributed by atoms with Gasteiger partial charge in [0.05, 0.1) is 5.60 Å². The average Bonchev–Trinajstić information content (AvgIpc) is 2.39. The number of aliphatic hydroxyl groups is 1. The molecule has 4 heteroatoms. The Morgan fingerprint density at radius 2 is 1.60 bits per heavy atom. The molecule has 1 aromatic rings. The molecule has 112 valence electrons. The minimum absolute atomic E-state index is 0.635. The van der Waals surface area contributed by atoms with Crippen LogP contribution in [0.4, 0.5) is 5.69 Å². The second kappa shape index (κ2) is 5.62. The molecule has 0 radical (unpaired) electrons. The van der Waals surface area contributed by atoms with Crippen molar-refractivity contribution < 1.29 is 9.84 Å². The van der Waals surface area contributed by atoms with E-state index in [-0.39, 0.29) is 0 Å². The highest BCUT2D eigenvalue weighted by atomic mass is 16.5. The Labute approximate surface area is 121 Å². The van der Waals surface area contributed by atoms with Gasteiger partial charge in [0, 0.05) is 31.9 Å². The Balaban J connectivity index is 2.05. The molecule has 0 saturated carbocycles. The predicted octanol–water partition coefficient (Wildman–Crippen LogP) is 2.02. The van der Waals surface area contributed by atoms with Crippen LogP contribution in [0.1, 0.15) is 27.7 Å². The second-order valence-electron chi connectivity index (χ2n) is 6.40. The number of ether oxygens (including phenoxy) is 1. The Kier molecular flexibility index (Phi) is 4.25. The van der Waals surface area contributed by atoms with Gasteiger partial charge in [-0.2, -0.15) is 0 Å². The summed E-state index contributed by atoms with van der Waals surface area (Å²) >= 11 is 0. The van der Waals surface area contributed by atoms with Crippen molar-refractivity contribution in [3.8, 4) is 5.75 Å². The van der Waals surface area contributed by atoms with Gasteiger partial charge in [-0.1, -0.05) is 0 Å². The molecule has 1 aliphatic heterocycles. The summed E-state index contributed by atoms with van der Waals surface area (Å²) in [4.78, 5) is 2.36. The highest BCUT2D eigenvalue weighted by Gasteiger charge is 2.37. The molecule has 20 heavy (non-hydrogen) atoms. The zero-order valence-corrected chi connectivity index (χ0v) is 12.9. The molecular weight excluding hydrogens is 252 g/mol. The van der Waals surface area contributed by atoms with Crippen LogP contribution in [-0.2, 0) is 0 Å². The van der Waals surface area contributed by atoms with Crippen molar-refractivity contribution in [2.75, 3.05) is 31.1 Å². The summed E-state index contributed by atoms with van der Waals surface area (Å²) in [5.41, 5.74) is -0.312. The van der Waals surface area contributed by atoms with Gasteiger partial charge in [-0.05, 0) is 52.0 Å². The first-order valence-corrected chi connectivity index (χ1v) is 7.27. The zero-order chi connectivity index (χ0) is 14.8. The van der Waals surface area contributed by atoms with E-state index in [4.69, 9.17) is 4.74 Å². The fourth-order valence-electron chi connectivity index (χ4n) is 2.07. The van der Waals surface area contributed by atoms with Crippen molar-refractivity contribution >= 4 is 5.69 Å². The number of anilines is 1. The van der Waals surface area contributed by atoms with Crippen molar-refractivity contribution in [3.63, 3.8) is 0 Å². The summed E-state index contributed by atoms with van der Waals surface area (Å²) in [7, 11) is 0. The van der Waals surface area contributed by atoms with Crippen molar-refractivity contribution in [1.29, 1.82) is 0 Å². The van der Waals surface area contributed by atoms with Crippen LogP contribution < -0.4 is 15.0 Å². The lowest BCUT2D eigenvalue weighted by atomic mass is 9.89. The number of hydrogen-bond acceptors (Lipinski definition) is 4. The first-order valence-electron chi connectivity index (χ1n) is 7.27. The minimum atomic E-state index is -0.899. The number of nitrogens with zero attached hydrogens (tertiary/aromatic N) is 1. The topological polar surface area (TPSA) is 44.7 Å². The van der Waals surface area contributed by atoms with E-state index in [9.17, 15) is 5.11 Å². The maximum absolute atomic E-state index is 10.1. The van der Waals surface area contributed by atoms with E-state index in [0.29, 0.717) is 0 Å². The molecule has 0 aliphatic carbocycles. The molecule has 2 rings (SSSR count). The molecule has 1 fully saturated rings. The molecule has 2 N–H and O–H groups in total. The van der Waals surface area contributed by atoms with Gasteiger partial charge in [0.1, 0.15) is 11.4 Å². The molecule has 0 atom stereocenters. The van der Waals surface area contributed by atoms with E-state index in [0.717, 1.165) is 31.9 Å². The van der Waals surface area contributed by atoms with Crippen molar-refractivity contribution in [1.82, 2.24) is 5.32 Å². The summed E-state index contributed by atoms with van der Waals surface area (Å²) in [6.07, 6.45) is 0. The van der Waals surface area contributed by atoms with Gasteiger partial charge >= 0.3 is 0 Å².